The van der Waals surface area contributed by atoms with Crippen molar-refractivity contribution in [1.82, 2.24) is 5.32 Å². The molecule has 2 aliphatic rings. The highest BCUT2D eigenvalue weighted by atomic mass is 16.2. The fourth-order valence-corrected chi connectivity index (χ4v) is 3.78. The molecule has 1 aromatic rings. The molecule has 0 aliphatic heterocycles. The molecule has 3 rings (SSSR count). The summed E-state index contributed by atoms with van der Waals surface area (Å²) in [7, 11) is 0. The van der Waals surface area contributed by atoms with Crippen molar-refractivity contribution in [2.24, 2.45) is 5.92 Å². The maximum Gasteiger partial charge on any atom is 0.247 e. The van der Waals surface area contributed by atoms with Crippen molar-refractivity contribution in [1.29, 1.82) is 0 Å². The fraction of sp³-hybridized carbons (Fsp3) is 0.556. The van der Waals surface area contributed by atoms with Crippen molar-refractivity contribution in [3.63, 3.8) is 0 Å². The molecule has 1 aromatic carbocycles. The highest BCUT2D eigenvalue weighted by Crippen LogP contribution is 2.29. The normalized spacial score (nSPS) is 18.8. The lowest BCUT2D eigenvalue weighted by molar-refractivity contribution is -0.126. The van der Waals surface area contributed by atoms with E-state index in [1.165, 1.54) is 24.5 Å². The molecule has 2 amide bonds. The number of amides is 2. The summed E-state index contributed by atoms with van der Waals surface area (Å²) in [6, 6.07) is 5.76. The van der Waals surface area contributed by atoms with Crippen molar-refractivity contribution in [3.05, 3.63) is 29.3 Å². The van der Waals surface area contributed by atoms with Gasteiger partial charge in [0, 0.05) is 12.6 Å². The topological polar surface area (TPSA) is 58.2 Å². The Balaban J connectivity index is 1.71. The van der Waals surface area contributed by atoms with Gasteiger partial charge in [0.15, 0.2) is 0 Å². The second-order valence-corrected chi connectivity index (χ2v) is 6.55. The summed E-state index contributed by atoms with van der Waals surface area (Å²) < 4.78 is 0. The van der Waals surface area contributed by atoms with Gasteiger partial charge >= 0.3 is 0 Å². The van der Waals surface area contributed by atoms with E-state index in [-0.39, 0.29) is 17.7 Å². The van der Waals surface area contributed by atoms with Crippen LogP contribution < -0.4 is 10.6 Å². The van der Waals surface area contributed by atoms with Crippen LogP contribution in [0.1, 0.15) is 50.2 Å². The molecule has 0 heterocycles. The zero-order valence-electron chi connectivity index (χ0n) is 13.2. The SMILES string of the molecule is CC(=O)NC(C(=O)Nc1ccc2c(c1)CCC2)C1CCCC1. The number of carbonyl (C=O) groups is 2. The van der Waals surface area contributed by atoms with E-state index in [0.29, 0.717) is 0 Å². The van der Waals surface area contributed by atoms with Crippen molar-refractivity contribution >= 4 is 17.5 Å². The molecule has 118 valence electrons. The molecule has 0 bridgehead atoms. The van der Waals surface area contributed by atoms with Crippen LogP contribution in [0.5, 0.6) is 0 Å². The Labute approximate surface area is 131 Å². The lowest BCUT2D eigenvalue weighted by atomic mass is 9.97. The zero-order chi connectivity index (χ0) is 15.5. The summed E-state index contributed by atoms with van der Waals surface area (Å²) >= 11 is 0. The molecule has 22 heavy (non-hydrogen) atoms. The van der Waals surface area contributed by atoms with Gasteiger partial charge in [-0.2, -0.15) is 0 Å². The van der Waals surface area contributed by atoms with Crippen LogP contribution in [0, 0.1) is 5.92 Å². The molecule has 0 radical (unpaired) electrons. The largest absolute Gasteiger partial charge is 0.344 e. The third kappa shape index (κ3) is 3.32. The number of hydrogen-bond donors (Lipinski definition) is 2. The number of aryl methyl sites for hydroxylation is 2. The molecule has 0 aromatic heterocycles. The number of carbonyl (C=O) groups excluding carboxylic acids is 2. The van der Waals surface area contributed by atoms with Crippen LogP contribution >= 0.6 is 0 Å². The van der Waals surface area contributed by atoms with Gasteiger partial charge in [-0.1, -0.05) is 18.9 Å². The maximum atomic E-state index is 12.6. The second-order valence-electron chi connectivity index (χ2n) is 6.55. The van der Waals surface area contributed by atoms with E-state index >= 15 is 0 Å². The molecule has 0 spiro atoms. The maximum absolute atomic E-state index is 12.6. The smallest absolute Gasteiger partial charge is 0.247 e. The molecule has 1 fully saturated rings. The van der Waals surface area contributed by atoms with Gasteiger partial charge in [-0.15, -0.1) is 0 Å². The lowest BCUT2D eigenvalue weighted by Crippen LogP contribution is -2.47. The average molecular weight is 300 g/mol. The van der Waals surface area contributed by atoms with Crippen LogP contribution in [-0.2, 0) is 22.4 Å². The predicted octanol–water partition coefficient (Wildman–Crippen LogP) is 2.81. The van der Waals surface area contributed by atoms with Crippen molar-refractivity contribution in [2.75, 3.05) is 5.32 Å². The number of benzene rings is 1. The molecule has 1 saturated carbocycles. The standard InChI is InChI=1S/C18H24N2O2/c1-12(21)19-17(14-5-2-3-6-14)18(22)20-16-10-9-13-7-4-8-15(13)11-16/h9-11,14,17H,2-8H2,1H3,(H,19,21)(H,20,22). The summed E-state index contributed by atoms with van der Waals surface area (Å²) in [6.07, 6.45) is 7.76. The Hall–Kier alpha value is -1.84. The van der Waals surface area contributed by atoms with Gasteiger partial charge in [0.2, 0.25) is 11.8 Å². The van der Waals surface area contributed by atoms with Gasteiger partial charge < -0.3 is 10.6 Å². The number of hydrogen-bond acceptors (Lipinski definition) is 2. The summed E-state index contributed by atoms with van der Waals surface area (Å²) in [4.78, 5) is 24.0. The first-order valence-corrected chi connectivity index (χ1v) is 8.33. The van der Waals surface area contributed by atoms with Crippen LogP contribution in [0.25, 0.3) is 0 Å². The minimum atomic E-state index is -0.409. The summed E-state index contributed by atoms with van der Waals surface area (Å²) in [6.45, 7) is 1.48. The molecule has 4 nitrogen and oxygen atoms in total. The van der Waals surface area contributed by atoms with Crippen LogP contribution in [-0.4, -0.2) is 17.9 Å². The molecule has 1 atom stereocenters. The van der Waals surface area contributed by atoms with Gasteiger partial charge in [0.1, 0.15) is 6.04 Å². The second kappa shape index (κ2) is 6.51. The number of rotatable bonds is 4. The number of fused-ring (bicyclic) bond motifs is 1. The summed E-state index contributed by atoms with van der Waals surface area (Å²) in [5.41, 5.74) is 3.58. The summed E-state index contributed by atoms with van der Waals surface area (Å²) in [5.74, 6) is 0.0411. The fourth-order valence-electron chi connectivity index (χ4n) is 3.78. The Bertz CT molecular complexity index is 576. The highest BCUT2D eigenvalue weighted by molar-refractivity contribution is 5.97. The van der Waals surface area contributed by atoms with Gasteiger partial charge in [-0.25, -0.2) is 0 Å². The van der Waals surface area contributed by atoms with E-state index in [0.717, 1.165) is 44.2 Å². The molecular weight excluding hydrogens is 276 g/mol. The van der Waals surface area contributed by atoms with Crippen LogP contribution in [0.2, 0.25) is 0 Å². The minimum Gasteiger partial charge on any atom is -0.344 e. The minimum absolute atomic E-state index is 0.0833. The molecule has 0 saturated heterocycles. The monoisotopic (exact) mass is 300 g/mol. The van der Waals surface area contributed by atoms with Crippen molar-refractivity contribution < 1.29 is 9.59 Å². The van der Waals surface area contributed by atoms with Gasteiger partial charge in [0.05, 0.1) is 0 Å². The molecule has 2 aliphatic carbocycles. The van der Waals surface area contributed by atoms with Crippen LogP contribution in [0.4, 0.5) is 5.69 Å². The van der Waals surface area contributed by atoms with E-state index in [1.807, 2.05) is 6.07 Å². The molecule has 4 heteroatoms. The Morgan fingerprint density at radius 1 is 1.09 bits per heavy atom. The first-order valence-electron chi connectivity index (χ1n) is 8.33. The first kappa shape index (κ1) is 15.1. The van der Waals surface area contributed by atoms with Crippen molar-refractivity contribution in [2.45, 2.75) is 57.9 Å². The Morgan fingerprint density at radius 2 is 1.82 bits per heavy atom. The third-order valence-electron chi connectivity index (χ3n) is 4.88. The van der Waals surface area contributed by atoms with E-state index in [9.17, 15) is 9.59 Å². The van der Waals surface area contributed by atoms with Gasteiger partial charge in [-0.05, 0) is 61.3 Å². The zero-order valence-corrected chi connectivity index (χ0v) is 13.2. The van der Waals surface area contributed by atoms with Crippen LogP contribution in [0.15, 0.2) is 18.2 Å². The van der Waals surface area contributed by atoms with Crippen molar-refractivity contribution in [3.8, 4) is 0 Å². The molecule has 2 N–H and O–H groups in total. The number of nitrogens with one attached hydrogen (secondary N) is 2. The van der Waals surface area contributed by atoms with Gasteiger partial charge in [-0.3, -0.25) is 9.59 Å². The predicted molar refractivity (Wildman–Crippen MR) is 86.7 cm³/mol. The van der Waals surface area contributed by atoms with E-state index in [2.05, 4.69) is 22.8 Å². The van der Waals surface area contributed by atoms with Gasteiger partial charge in [0.25, 0.3) is 0 Å². The Kier molecular flexibility index (Phi) is 4.46. The van der Waals surface area contributed by atoms with E-state index in [1.54, 1.807) is 0 Å². The quantitative estimate of drug-likeness (QED) is 0.898. The molecule has 1 unspecified atom stereocenters. The van der Waals surface area contributed by atoms with E-state index < -0.39 is 6.04 Å². The highest BCUT2D eigenvalue weighted by Gasteiger charge is 2.31. The average Bonchev–Trinajstić information content (AvgIpc) is 3.15. The first-order chi connectivity index (χ1) is 10.6. The number of anilines is 1. The van der Waals surface area contributed by atoms with Crippen LogP contribution in [0.3, 0.4) is 0 Å². The Morgan fingerprint density at radius 3 is 2.55 bits per heavy atom. The third-order valence-corrected chi connectivity index (χ3v) is 4.88. The summed E-state index contributed by atoms with van der Waals surface area (Å²) in [5, 5.41) is 5.84. The van der Waals surface area contributed by atoms with E-state index in [4.69, 9.17) is 0 Å². The lowest BCUT2D eigenvalue weighted by Gasteiger charge is -2.23. The molecular formula is C18H24N2O2.